The quantitative estimate of drug-likeness (QED) is 0.912. The van der Waals surface area contributed by atoms with Gasteiger partial charge in [-0.1, -0.05) is 23.2 Å². The van der Waals surface area contributed by atoms with Gasteiger partial charge < -0.3 is 5.11 Å². The van der Waals surface area contributed by atoms with Crippen LogP contribution in [-0.2, 0) is 10.0 Å². The first-order valence-electron chi connectivity index (χ1n) is 5.02. The van der Waals surface area contributed by atoms with Crippen molar-refractivity contribution in [3.63, 3.8) is 0 Å². The van der Waals surface area contributed by atoms with Crippen molar-refractivity contribution in [2.75, 3.05) is 4.72 Å². The van der Waals surface area contributed by atoms with Gasteiger partial charge in [0.2, 0.25) is 0 Å². The number of pyridine rings is 1. The molecule has 8 heteroatoms. The van der Waals surface area contributed by atoms with E-state index < -0.39 is 10.0 Å². The Morgan fingerprint density at radius 1 is 1.21 bits per heavy atom. The van der Waals surface area contributed by atoms with E-state index in [0.717, 1.165) is 0 Å². The molecular weight excluding hydrogens is 311 g/mol. The highest BCUT2D eigenvalue weighted by molar-refractivity contribution is 7.92. The highest BCUT2D eigenvalue weighted by Crippen LogP contribution is 2.28. The summed E-state index contributed by atoms with van der Waals surface area (Å²) >= 11 is 11.6. The Labute approximate surface area is 119 Å². The molecule has 2 rings (SSSR count). The number of rotatable bonds is 3. The Bertz CT molecular complexity index is 720. The first kappa shape index (κ1) is 13.9. The lowest BCUT2D eigenvalue weighted by molar-refractivity contribution is 0.475. The summed E-state index contributed by atoms with van der Waals surface area (Å²) in [7, 11) is -3.98. The third-order valence-electron chi connectivity index (χ3n) is 2.20. The zero-order chi connectivity index (χ0) is 14.0. The van der Waals surface area contributed by atoms with Crippen molar-refractivity contribution >= 4 is 39.0 Å². The maximum Gasteiger partial charge on any atom is 0.264 e. The topological polar surface area (TPSA) is 79.3 Å². The molecule has 0 bridgehead atoms. The molecule has 0 aliphatic rings. The molecule has 0 unspecified atom stereocenters. The SMILES string of the molecule is O=S(=O)(Nc1ncccc1O)c1cc(Cl)ccc1Cl. The molecule has 1 aromatic carbocycles. The fraction of sp³-hybridized carbons (Fsp3) is 0. The van der Waals surface area contributed by atoms with Gasteiger partial charge in [0, 0.05) is 11.2 Å². The summed E-state index contributed by atoms with van der Waals surface area (Å²) in [5, 5.41) is 9.75. The van der Waals surface area contributed by atoms with Crippen molar-refractivity contribution in [1.29, 1.82) is 0 Å². The molecule has 2 N–H and O–H groups in total. The van der Waals surface area contributed by atoms with Gasteiger partial charge >= 0.3 is 0 Å². The Morgan fingerprint density at radius 3 is 2.63 bits per heavy atom. The van der Waals surface area contributed by atoms with Crippen molar-refractivity contribution in [2.24, 2.45) is 0 Å². The second-order valence-corrected chi connectivity index (χ2v) is 6.05. The summed E-state index contributed by atoms with van der Waals surface area (Å²) in [6, 6.07) is 6.84. The van der Waals surface area contributed by atoms with E-state index >= 15 is 0 Å². The van der Waals surface area contributed by atoms with E-state index in [1.165, 1.54) is 36.5 Å². The Morgan fingerprint density at radius 2 is 1.95 bits per heavy atom. The molecule has 0 radical (unpaired) electrons. The average molecular weight is 319 g/mol. The van der Waals surface area contributed by atoms with Gasteiger partial charge in [0.05, 0.1) is 5.02 Å². The summed E-state index contributed by atoms with van der Waals surface area (Å²) in [4.78, 5) is 3.54. The van der Waals surface area contributed by atoms with E-state index in [1.54, 1.807) is 0 Å². The van der Waals surface area contributed by atoms with Crippen LogP contribution in [0.5, 0.6) is 5.75 Å². The summed E-state index contributed by atoms with van der Waals surface area (Å²) in [6.45, 7) is 0. The molecule has 0 aliphatic carbocycles. The molecule has 5 nitrogen and oxygen atoms in total. The molecule has 0 atom stereocenters. The molecule has 0 fully saturated rings. The molecule has 0 aliphatic heterocycles. The minimum Gasteiger partial charge on any atom is -0.504 e. The normalized spacial score (nSPS) is 11.3. The smallest absolute Gasteiger partial charge is 0.264 e. The summed E-state index contributed by atoms with van der Waals surface area (Å²) < 4.78 is 26.4. The third-order valence-corrected chi connectivity index (χ3v) is 4.26. The van der Waals surface area contributed by atoms with Gasteiger partial charge in [-0.15, -0.1) is 0 Å². The van der Waals surface area contributed by atoms with Crippen LogP contribution in [0, 0.1) is 0 Å². The molecule has 0 saturated carbocycles. The Kier molecular flexibility index (Phi) is 3.84. The number of sulfonamides is 1. The molecule has 19 heavy (non-hydrogen) atoms. The van der Waals surface area contributed by atoms with Gasteiger partial charge in [-0.3, -0.25) is 4.72 Å². The summed E-state index contributed by atoms with van der Waals surface area (Å²) in [5.41, 5.74) is 0. The van der Waals surface area contributed by atoms with Crippen LogP contribution < -0.4 is 4.72 Å². The number of halogens is 2. The highest BCUT2D eigenvalue weighted by atomic mass is 35.5. The molecule has 0 amide bonds. The lowest BCUT2D eigenvalue weighted by atomic mass is 10.4. The highest BCUT2D eigenvalue weighted by Gasteiger charge is 2.20. The van der Waals surface area contributed by atoms with E-state index in [9.17, 15) is 13.5 Å². The fourth-order valence-electron chi connectivity index (χ4n) is 1.34. The molecule has 0 saturated heterocycles. The monoisotopic (exact) mass is 318 g/mol. The average Bonchev–Trinajstić information content (AvgIpc) is 2.35. The summed E-state index contributed by atoms with van der Waals surface area (Å²) in [6.07, 6.45) is 1.34. The van der Waals surface area contributed by atoms with Crippen LogP contribution in [0.25, 0.3) is 0 Å². The predicted octanol–water partition coefficient (Wildman–Crippen LogP) is 2.89. The van der Waals surface area contributed by atoms with Gasteiger partial charge in [-0.2, -0.15) is 0 Å². The van der Waals surface area contributed by atoms with Crippen LogP contribution in [-0.4, -0.2) is 18.5 Å². The number of hydrogen-bond donors (Lipinski definition) is 2. The van der Waals surface area contributed by atoms with Gasteiger partial charge in [0.1, 0.15) is 4.90 Å². The first-order valence-corrected chi connectivity index (χ1v) is 7.26. The van der Waals surface area contributed by atoms with Crippen molar-refractivity contribution in [2.45, 2.75) is 4.90 Å². The molecule has 1 aromatic heterocycles. The van der Waals surface area contributed by atoms with E-state index in [-0.39, 0.29) is 26.5 Å². The van der Waals surface area contributed by atoms with Crippen LogP contribution in [0.1, 0.15) is 0 Å². The first-order chi connectivity index (χ1) is 8.90. The Hall–Kier alpha value is -1.50. The minimum absolute atomic E-state index is 0.0207. The second-order valence-electron chi connectivity index (χ2n) is 3.55. The zero-order valence-electron chi connectivity index (χ0n) is 9.34. The maximum atomic E-state index is 12.1. The lowest BCUT2D eigenvalue weighted by Crippen LogP contribution is -2.14. The molecule has 1 heterocycles. The largest absolute Gasteiger partial charge is 0.504 e. The van der Waals surface area contributed by atoms with Gasteiger partial charge in [0.15, 0.2) is 11.6 Å². The number of aromatic hydroxyl groups is 1. The van der Waals surface area contributed by atoms with Crippen LogP contribution in [0.4, 0.5) is 5.82 Å². The van der Waals surface area contributed by atoms with E-state index in [0.29, 0.717) is 0 Å². The van der Waals surface area contributed by atoms with Crippen molar-refractivity contribution < 1.29 is 13.5 Å². The van der Waals surface area contributed by atoms with Crippen LogP contribution in [0.3, 0.4) is 0 Å². The van der Waals surface area contributed by atoms with E-state index in [4.69, 9.17) is 23.2 Å². The van der Waals surface area contributed by atoms with Gasteiger partial charge in [-0.05, 0) is 30.3 Å². The number of anilines is 1. The standard InChI is InChI=1S/C11H8Cl2N2O3S/c12-7-3-4-8(13)10(6-7)19(17,18)15-11-9(16)2-1-5-14-11/h1-6,16H,(H,14,15). The molecular formula is C11H8Cl2N2O3S. The number of nitrogens with zero attached hydrogens (tertiary/aromatic N) is 1. The summed E-state index contributed by atoms with van der Waals surface area (Å²) in [5.74, 6) is -0.470. The van der Waals surface area contributed by atoms with E-state index in [2.05, 4.69) is 9.71 Å². The Balaban J connectivity index is 2.44. The minimum atomic E-state index is -3.98. The number of nitrogens with one attached hydrogen (secondary N) is 1. The number of aromatic nitrogens is 1. The number of hydrogen-bond acceptors (Lipinski definition) is 4. The maximum absolute atomic E-state index is 12.1. The molecule has 0 spiro atoms. The number of benzene rings is 1. The molecule has 100 valence electrons. The van der Waals surface area contributed by atoms with Crippen molar-refractivity contribution in [1.82, 2.24) is 4.98 Å². The van der Waals surface area contributed by atoms with Crippen molar-refractivity contribution in [3.05, 3.63) is 46.6 Å². The molecule has 2 aromatic rings. The van der Waals surface area contributed by atoms with Crippen LogP contribution in [0.2, 0.25) is 10.0 Å². The van der Waals surface area contributed by atoms with Crippen LogP contribution in [0.15, 0.2) is 41.4 Å². The van der Waals surface area contributed by atoms with E-state index in [1.807, 2.05) is 0 Å². The van der Waals surface area contributed by atoms with Gasteiger partial charge in [0.25, 0.3) is 10.0 Å². The van der Waals surface area contributed by atoms with Crippen molar-refractivity contribution in [3.8, 4) is 5.75 Å². The zero-order valence-corrected chi connectivity index (χ0v) is 11.7. The van der Waals surface area contributed by atoms with Crippen LogP contribution >= 0.6 is 23.2 Å². The van der Waals surface area contributed by atoms with Gasteiger partial charge in [-0.25, -0.2) is 13.4 Å². The second kappa shape index (κ2) is 5.24. The third kappa shape index (κ3) is 3.09. The fourth-order valence-corrected chi connectivity index (χ4v) is 3.13. The predicted molar refractivity (Wildman–Crippen MR) is 73.2 cm³/mol. The lowest BCUT2D eigenvalue weighted by Gasteiger charge is -2.09.